The minimum Gasteiger partial charge on any atom is -0.481 e. The summed E-state index contributed by atoms with van der Waals surface area (Å²) in [5, 5.41) is 18.1. The van der Waals surface area contributed by atoms with Crippen molar-refractivity contribution in [3.05, 3.63) is 76.4 Å². The molecule has 3 rings (SSSR count). The molecule has 1 N–H and O–H groups in total. The van der Waals surface area contributed by atoms with Gasteiger partial charge in [0.25, 0.3) is 0 Å². The van der Waals surface area contributed by atoms with E-state index in [1.54, 1.807) is 0 Å². The summed E-state index contributed by atoms with van der Waals surface area (Å²) in [7, 11) is -1.13. The number of carbonyl (C=O) groups is 1. The molecule has 0 radical (unpaired) electrons. The van der Waals surface area contributed by atoms with Crippen LogP contribution in [0, 0.1) is 0 Å². The monoisotopic (exact) mass is 324 g/mol. The van der Waals surface area contributed by atoms with Gasteiger partial charge in [-0.05, 0) is 50.8 Å². The number of benzene rings is 2. The van der Waals surface area contributed by atoms with Gasteiger partial charge in [-0.1, -0.05) is 54.6 Å². The second-order valence-electron chi connectivity index (χ2n) is 5.64. The summed E-state index contributed by atoms with van der Waals surface area (Å²) in [5.74, 6) is 0.177. The highest BCUT2D eigenvalue weighted by atomic mass is 32.3. The van der Waals surface area contributed by atoms with E-state index < -0.39 is 16.0 Å². The Morgan fingerprint density at radius 3 is 2.57 bits per heavy atom. The van der Waals surface area contributed by atoms with Gasteiger partial charge in [0.2, 0.25) is 0 Å². The van der Waals surface area contributed by atoms with Gasteiger partial charge in [-0.15, -0.1) is 0 Å². The van der Waals surface area contributed by atoms with E-state index >= 15 is 0 Å². The smallest absolute Gasteiger partial charge is 0.303 e. The van der Waals surface area contributed by atoms with Crippen molar-refractivity contribution in [3.8, 4) is 0 Å². The Morgan fingerprint density at radius 1 is 1.04 bits per heavy atom. The van der Waals surface area contributed by atoms with Gasteiger partial charge in [0.1, 0.15) is 0 Å². The molecule has 0 saturated carbocycles. The zero-order valence-corrected chi connectivity index (χ0v) is 13.7. The van der Waals surface area contributed by atoms with E-state index in [1.165, 1.54) is 16.3 Å². The largest absolute Gasteiger partial charge is 0.481 e. The lowest BCUT2D eigenvalue weighted by atomic mass is 10.1. The van der Waals surface area contributed by atoms with Gasteiger partial charge in [-0.3, -0.25) is 4.79 Å². The van der Waals surface area contributed by atoms with Crippen LogP contribution in [-0.4, -0.2) is 16.8 Å². The van der Waals surface area contributed by atoms with Crippen LogP contribution in [0.2, 0.25) is 0 Å². The molecule has 2 aromatic rings. The van der Waals surface area contributed by atoms with Crippen molar-refractivity contribution < 1.29 is 9.90 Å². The molecule has 0 amide bonds. The third-order valence-electron chi connectivity index (χ3n) is 3.99. The standard InChI is InChI=1S/C20H20O2S/c21-20(22)11-6-15-23(13-3-4-14-23)16-12-18-9-5-8-17-7-1-2-10-19(17)18/h1-5,7-10,12-14,16H,6,11,15H2,(H,21,22). The van der Waals surface area contributed by atoms with Crippen molar-refractivity contribution in [2.45, 2.75) is 12.8 Å². The first-order valence-corrected chi connectivity index (χ1v) is 9.71. The maximum atomic E-state index is 10.8. The Hall–Kier alpha value is -2.26. The van der Waals surface area contributed by atoms with Crippen LogP contribution in [0.5, 0.6) is 0 Å². The summed E-state index contributed by atoms with van der Waals surface area (Å²) in [6.45, 7) is 0. The van der Waals surface area contributed by atoms with E-state index in [9.17, 15) is 4.79 Å². The Kier molecular flexibility index (Phi) is 4.68. The summed E-state index contributed by atoms with van der Waals surface area (Å²) in [4.78, 5) is 10.8. The molecule has 0 fully saturated rings. The van der Waals surface area contributed by atoms with E-state index in [-0.39, 0.29) is 6.42 Å². The fraction of sp³-hybridized carbons (Fsp3) is 0.150. The molecule has 23 heavy (non-hydrogen) atoms. The van der Waals surface area contributed by atoms with Crippen molar-refractivity contribution in [2.75, 3.05) is 5.75 Å². The van der Waals surface area contributed by atoms with Gasteiger partial charge in [-0.25, -0.2) is 0 Å². The first kappa shape index (κ1) is 15.6. The van der Waals surface area contributed by atoms with Crippen molar-refractivity contribution in [3.63, 3.8) is 0 Å². The van der Waals surface area contributed by atoms with Crippen LogP contribution < -0.4 is 0 Å². The zero-order chi connectivity index (χ0) is 16.1. The number of hydrogen-bond donors (Lipinski definition) is 1. The Balaban J connectivity index is 1.85. The van der Waals surface area contributed by atoms with Gasteiger partial charge in [0, 0.05) is 6.42 Å². The average Bonchev–Trinajstić information content (AvgIpc) is 3.02. The lowest BCUT2D eigenvalue weighted by Crippen LogP contribution is -2.00. The van der Waals surface area contributed by atoms with Crippen LogP contribution in [0.3, 0.4) is 0 Å². The minimum absolute atomic E-state index is 0.235. The fourth-order valence-electron chi connectivity index (χ4n) is 2.79. The number of carboxylic acid groups (broad SMARTS) is 1. The lowest BCUT2D eigenvalue weighted by Gasteiger charge is -2.27. The molecular formula is C20H20O2S. The third kappa shape index (κ3) is 3.74. The van der Waals surface area contributed by atoms with Crippen molar-refractivity contribution in [1.29, 1.82) is 0 Å². The Labute approximate surface area is 138 Å². The molecule has 1 aliphatic heterocycles. The molecule has 118 valence electrons. The molecule has 0 atom stereocenters. The molecule has 0 saturated heterocycles. The van der Waals surface area contributed by atoms with Crippen LogP contribution in [0.1, 0.15) is 18.4 Å². The van der Waals surface area contributed by atoms with E-state index in [1.807, 2.05) is 0 Å². The van der Waals surface area contributed by atoms with E-state index in [0.717, 1.165) is 5.75 Å². The summed E-state index contributed by atoms with van der Waals surface area (Å²) < 4.78 is 0. The van der Waals surface area contributed by atoms with Crippen LogP contribution in [0.4, 0.5) is 0 Å². The highest BCUT2D eigenvalue weighted by Gasteiger charge is 2.17. The molecule has 0 unspecified atom stereocenters. The van der Waals surface area contributed by atoms with Gasteiger partial charge in [0.15, 0.2) is 0 Å². The second-order valence-corrected chi connectivity index (χ2v) is 8.68. The molecule has 2 aromatic carbocycles. The van der Waals surface area contributed by atoms with Gasteiger partial charge < -0.3 is 5.11 Å². The van der Waals surface area contributed by atoms with Crippen LogP contribution in [-0.2, 0) is 4.79 Å². The van der Waals surface area contributed by atoms with E-state index in [0.29, 0.717) is 6.42 Å². The van der Waals surface area contributed by atoms with E-state index in [2.05, 4.69) is 76.9 Å². The van der Waals surface area contributed by atoms with Gasteiger partial charge >= 0.3 is 5.97 Å². The predicted octanol–water partition coefficient (Wildman–Crippen LogP) is 5.52. The van der Waals surface area contributed by atoms with Crippen molar-refractivity contribution >= 4 is 32.8 Å². The lowest BCUT2D eigenvalue weighted by molar-refractivity contribution is -0.137. The molecule has 3 heteroatoms. The number of carboxylic acids is 1. The number of allylic oxidation sites excluding steroid dienone is 2. The van der Waals surface area contributed by atoms with Crippen molar-refractivity contribution in [1.82, 2.24) is 0 Å². The topological polar surface area (TPSA) is 37.3 Å². The predicted molar refractivity (Wildman–Crippen MR) is 101 cm³/mol. The number of hydrogen-bond acceptors (Lipinski definition) is 1. The highest BCUT2D eigenvalue weighted by Crippen LogP contribution is 2.56. The SMILES string of the molecule is O=C(O)CCCS1(C=Cc2cccc3ccccc23)C=CC=C1. The number of aliphatic carboxylic acids is 1. The van der Waals surface area contributed by atoms with Crippen molar-refractivity contribution in [2.24, 2.45) is 0 Å². The molecule has 0 bridgehead atoms. The maximum Gasteiger partial charge on any atom is 0.303 e. The minimum atomic E-state index is -1.13. The molecular weight excluding hydrogens is 304 g/mol. The Morgan fingerprint density at radius 2 is 1.78 bits per heavy atom. The third-order valence-corrected chi connectivity index (χ3v) is 6.95. The first-order chi connectivity index (χ1) is 11.2. The fourth-order valence-corrected chi connectivity index (χ4v) is 5.28. The maximum absolute atomic E-state index is 10.8. The molecule has 0 aromatic heterocycles. The second kappa shape index (κ2) is 6.88. The average molecular weight is 324 g/mol. The van der Waals surface area contributed by atoms with Gasteiger partial charge in [-0.2, -0.15) is 10.0 Å². The Bertz CT molecular complexity index is 785. The molecule has 1 aliphatic rings. The summed E-state index contributed by atoms with van der Waals surface area (Å²) >= 11 is 0. The number of rotatable bonds is 6. The van der Waals surface area contributed by atoms with E-state index in [4.69, 9.17) is 5.11 Å². The quantitative estimate of drug-likeness (QED) is 0.759. The first-order valence-electron chi connectivity index (χ1n) is 7.72. The summed E-state index contributed by atoms with van der Waals surface area (Å²) in [6.07, 6.45) is 7.28. The molecule has 1 heterocycles. The summed E-state index contributed by atoms with van der Waals surface area (Å²) in [6, 6.07) is 14.7. The van der Waals surface area contributed by atoms with Gasteiger partial charge in [0.05, 0.1) is 0 Å². The van der Waals surface area contributed by atoms with Crippen LogP contribution in [0.25, 0.3) is 16.8 Å². The summed E-state index contributed by atoms with van der Waals surface area (Å²) in [5.41, 5.74) is 1.21. The molecule has 2 nitrogen and oxygen atoms in total. The normalized spacial score (nSPS) is 17.0. The molecule has 0 spiro atoms. The molecule has 0 aliphatic carbocycles. The van der Waals surface area contributed by atoms with Crippen LogP contribution in [0.15, 0.2) is 70.8 Å². The van der Waals surface area contributed by atoms with Crippen LogP contribution >= 0.6 is 10.0 Å². The highest BCUT2D eigenvalue weighted by molar-refractivity contribution is 8.40. The zero-order valence-electron chi connectivity index (χ0n) is 12.9. The number of fused-ring (bicyclic) bond motifs is 1.